The fraction of sp³-hybridized carbons (Fsp3) is 0.250. The first-order valence-electron chi connectivity index (χ1n) is 6.57. The van der Waals surface area contributed by atoms with Crippen molar-refractivity contribution in [2.75, 3.05) is 6.61 Å². The minimum atomic E-state index is -5.62. The number of alkyl halides is 5. The maximum absolute atomic E-state index is 13.0. The zero-order chi connectivity index (χ0) is 16.0. The summed E-state index contributed by atoms with van der Waals surface area (Å²) < 4.78 is 67.3. The van der Waals surface area contributed by atoms with Gasteiger partial charge in [-0.25, -0.2) is 0 Å². The molecule has 0 heterocycles. The number of benzene rings is 2. The fourth-order valence-corrected chi connectivity index (χ4v) is 2.51. The number of ether oxygens (including phenoxy) is 1. The highest BCUT2D eigenvalue weighted by atomic mass is 19.4. The lowest BCUT2D eigenvalue weighted by molar-refractivity contribution is -0.290. The van der Waals surface area contributed by atoms with Crippen molar-refractivity contribution in [3.63, 3.8) is 0 Å². The van der Waals surface area contributed by atoms with Gasteiger partial charge in [0.2, 0.25) is 0 Å². The summed E-state index contributed by atoms with van der Waals surface area (Å²) in [5, 5.41) is 0. The highest BCUT2D eigenvalue weighted by molar-refractivity contribution is 5.78. The molecule has 0 N–H and O–H groups in total. The molecule has 2 aromatic carbocycles. The Hall–Kier alpha value is -2.11. The molecule has 0 saturated carbocycles. The van der Waals surface area contributed by atoms with Crippen LogP contribution in [0, 0.1) is 0 Å². The number of rotatable bonds is 3. The molecule has 0 aliphatic heterocycles. The first-order chi connectivity index (χ1) is 10.3. The molecule has 1 aliphatic rings. The van der Waals surface area contributed by atoms with Gasteiger partial charge in [0.15, 0.2) is 6.61 Å². The Balaban J connectivity index is 1.87. The van der Waals surface area contributed by atoms with Crippen molar-refractivity contribution >= 4 is 0 Å². The van der Waals surface area contributed by atoms with Crippen LogP contribution >= 0.6 is 0 Å². The minimum absolute atomic E-state index is 0.0672. The molecule has 0 fully saturated rings. The van der Waals surface area contributed by atoms with Crippen LogP contribution in [0.1, 0.15) is 11.1 Å². The van der Waals surface area contributed by atoms with Crippen molar-refractivity contribution in [1.29, 1.82) is 0 Å². The van der Waals surface area contributed by atoms with Gasteiger partial charge in [0.1, 0.15) is 5.75 Å². The average molecular weight is 314 g/mol. The lowest BCUT2D eigenvalue weighted by atomic mass is 10.1. The molecule has 0 aromatic heterocycles. The molecule has 0 amide bonds. The molecule has 0 radical (unpaired) electrons. The summed E-state index contributed by atoms with van der Waals surface area (Å²) in [5.41, 5.74) is 3.40. The number of hydrogen-bond acceptors (Lipinski definition) is 1. The van der Waals surface area contributed by atoms with Crippen molar-refractivity contribution < 1.29 is 26.7 Å². The monoisotopic (exact) mass is 314 g/mol. The van der Waals surface area contributed by atoms with Gasteiger partial charge in [-0.05, 0) is 22.8 Å². The van der Waals surface area contributed by atoms with Crippen molar-refractivity contribution in [3.8, 4) is 16.9 Å². The maximum Gasteiger partial charge on any atom is 0.456 e. The summed E-state index contributed by atoms with van der Waals surface area (Å²) in [6.07, 6.45) is -5.16. The van der Waals surface area contributed by atoms with E-state index in [9.17, 15) is 22.0 Å². The Kier molecular flexibility index (Phi) is 3.34. The second-order valence-electron chi connectivity index (χ2n) is 5.11. The van der Waals surface area contributed by atoms with Gasteiger partial charge in [0.25, 0.3) is 0 Å². The van der Waals surface area contributed by atoms with Gasteiger partial charge in [0.05, 0.1) is 0 Å². The van der Waals surface area contributed by atoms with Crippen LogP contribution in [0.5, 0.6) is 5.75 Å². The van der Waals surface area contributed by atoms with E-state index in [1.807, 2.05) is 24.3 Å². The van der Waals surface area contributed by atoms with Gasteiger partial charge in [0, 0.05) is 12.0 Å². The van der Waals surface area contributed by atoms with Crippen LogP contribution in [-0.4, -0.2) is 18.7 Å². The molecule has 6 heteroatoms. The van der Waals surface area contributed by atoms with Gasteiger partial charge in [-0.2, -0.15) is 22.0 Å². The minimum Gasteiger partial charge on any atom is -0.487 e. The summed E-state index contributed by atoms with van der Waals surface area (Å²) >= 11 is 0. The van der Waals surface area contributed by atoms with Gasteiger partial charge in [-0.15, -0.1) is 0 Å². The first kappa shape index (κ1) is 14.8. The first-order valence-corrected chi connectivity index (χ1v) is 6.57. The smallest absolute Gasteiger partial charge is 0.456 e. The number of halogens is 5. The Bertz CT molecular complexity index is 706. The van der Waals surface area contributed by atoms with E-state index < -0.39 is 18.7 Å². The average Bonchev–Trinajstić information content (AvgIpc) is 2.83. The lowest BCUT2D eigenvalue weighted by Gasteiger charge is -2.20. The molecule has 1 aliphatic carbocycles. The van der Waals surface area contributed by atoms with Crippen LogP contribution in [-0.2, 0) is 6.42 Å². The van der Waals surface area contributed by atoms with E-state index in [1.54, 1.807) is 12.1 Å². The Morgan fingerprint density at radius 3 is 2.27 bits per heavy atom. The molecule has 0 bridgehead atoms. The predicted octanol–water partition coefficient (Wildman–Crippen LogP) is 4.83. The highest BCUT2D eigenvalue weighted by Crippen LogP contribution is 2.42. The second-order valence-corrected chi connectivity index (χ2v) is 5.11. The lowest BCUT2D eigenvalue weighted by Crippen LogP contribution is -2.41. The third-order valence-electron chi connectivity index (χ3n) is 3.63. The van der Waals surface area contributed by atoms with E-state index in [0.717, 1.165) is 16.7 Å². The molecule has 0 saturated heterocycles. The van der Waals surface area contributed by atoms with Crippen molar-refractivity contribution in [2.45, 2.75) is 18.5 Å². The normalized spacial score (nSPS) is 13.7. The molecule has 0 spiro atoms. The molecular weight excluding hydrogens is 303 g/mol. The molecular formula is C16H11F5O. The largest absolute Gasteiger partial charge is 0.487 e. The standard InChI is InChI=1S/C16H11F5O/c17-15(18,16(19,20)21)9-22-14-7-3-6-12-11-5-2-1-4-10(11)8-13(12)14/h1-7H,8-9H2. The number of hydrogen-bond donors (Lipinski definition) is 0. The number of fused-ring (bicyclic) bond motifs is 3. The molecule has 2 aromatic rings. The zero-order valence-electron chi connectivity index (χ0n) is 11.3. The molecule has 0 unspecified atom stereocenters. The summed E-state index contributed by atoms with van der Waals surface area (Å²) in [5.74, 6) is -4.81. The summed E-state index contributed by atoms with van der Waals surface area (Å²) in [7, 11) is 0. The van der Waals surface area contributed by atoms with E-state index in [-0.39, 0.29) is 5.75 Å². The third-order valence-corrected chi connectivity index (χ3v) is 3.63. The van der Waals surface area contributed by atoms with E-state index in [2.05, 4.69) is 0 Å². The third kappa shape index (κ3) is 2.42. The molecule has 116 valence electrons. The van der Waals surface area contributed by atoms with Crippen molar-refractivity contribution in [3.05, 3.63) is 53.6 Å². The SMILES string of the molecule is FC(F)(F)C(F)(F)COc1cccc2c1Cc1ccccc1-2. The van der Waals surface area contributed by atoms with Crippen LogP contribution in [0.4, 0.5) is 22.0 Å². The Morgan fingerprint density at radius 1 is 0.864 bits per heavy atom. The van der Waals surface area contributed by atoms with Gasteiger partial charge in [-0.1, -0.05) is 36.4 Å². The Morgan fingerprint density at radius 2 is 1.55 bits per heavy atom. The quantitative estimate of drug-likeness (QED) is 0.629. The predicted molar refractivity (Wildman–Crippen MR) is 71.2 cm³/mol. The fourth-order valence-electron chi connectivity index (χ4n) is 2.51. The van der Waals surface area contributed by atoms with E-state index in [1.165, 1.54) is 6.07 Å². The summed E-state index contributed by atoms with van der Waals surface area (Å²) in [4.78, 5) is 0. The zero-order valence-corrected chi connectivity index (χ0v) is 11.3. The maximum atomic E-state index is 13.0. The molecule has 22 heavy (non-hydrogen) atoms. The van der Waals surface area contributed by atoms with Crippen molar-refractivity contribution in [1.82, 2.24) is 0 Å². The van der Waals surface area contributed by atoms with Crippen LogP contribution in [0.25, 0.3) is 11.1 Å². The highest BCUT2D eigenvalue weighted by Gasteiger charge is 2.58. The van der Waals surface area contributed by atoms with Gasteiger partial charge < -0.3 is 4.74 Å². The molecule has 3 rings (SSSR count). The van der Waals surface area contributed by atoms with E-state index >= 15 is 0 Å². The van der Waals surface area contributed by atoms with Crippen LogP contribution in [0.2, 0.25) is 0 Å². The van der Waals surface area contributed by atoms with E-state index in [0.29, 0.717) is 12.0 Å². The summed E-state index contributed by atoms with van der Waals surface area (Å²) in [6, 6.07) is 12.3. The van der Waals surface area contributed by atoms with Crippen LogP contribution < -0.4 is 4.74 Å². The van der Waals surface area contributed by atoms with Crippen LogP contribution in [0.3, 0.4) is 0 Å². The second kappa shape index (κ2) is 4.97. The Labute approximate surface area is 123 Å². The van der Waals surface area contributed by atoms with Gasteiger partial charge >= 0.3 is 12.1 Å². The topological polar surface area (TPSA) is 9.23 Å². The molecule has 1 nitrogen and oxygen atoms in total. The van der Waals surface area contributed by atoms with E-state index in [4.69, 9.17) is 4.74 Å². The summed E-state index contributed by atoms with van der Waals surface area (Å²) in [6.45, 7) is -1.72. The molecule has 0 atom stereocenters. The van der Waals surface area contributed by atoms with Crippen molar-refractivity contribution in [2.24, 2.45) is 0 Å². The van der Waals surface area contributed by atoms with Crippen LogP contribution in [0.15, 0.2) is 42.5 Å². The van der Waals surface area contributed by atoms with Gasteiger partial charge in [-0.3, -0.25) is 0 Å².